The fraction of sp³-hybridized carbons (Fsp3) is 0.0909. The van der Waals surface area contributed by atoms with E-state index in [9.17, 15) is 0 Å². The number of rotatable bonds is 1. The minimum Gasteiger partial charge on any atom is -0.339 e. The molecule has 2 nitrogen and oxygen atoms in total. The second-order valence-electron chi connectivity index (χ2n) is 3.02. The first kappa shape index (κ1) is 8.08. The third kappa shape index (κ3) is 1.25. The van der Waals surface area contributed by atoms with Crippen LogP contribution in [0.3, 0.4) is 0 Å². The van der Waals surface area contributed by atoms with E-state index in [0.717, 1.165) is 16.3 Å². The zero-order valence-corrected chi connectivity index (χ0v) is 7.32. The molecule has 13 heavy (non-hydrogen) atoms. The SMILES string of the molecule is Cc1ccc2ccccc2c1OO. The molecule has 0 unspecified atom stereocenters. The zero-order valence-electron chi connectivity index (χ0n) is 7.32. The number of fused-ring (bicyclic) bond motifs is 1. The summed E-state index contributed by atoms with van der Waals surface area (Å²) in [6, 6.07) is 11.7. The second kappa shape index (κ2) is 3.07. The smallest absolute Gasteiger partial charge is 0.175 e. The Bertz CT molecular complexity index is 435. The van der Waals surface area contributed by atoms with Gasteiger partial charge in [0.05, 0.1) is 0 Å². The minimum atomic E-state index is 0.540. The van der Waals surface area contributed by atoms with Crippen molar-refractivity contribution in [2.45, 2.75) is 6.92 Å². The molecule has 2 aromatic carbocycles. The lowest BCUT2D eigenvalue weighted by atomic mass is 10.1. The molecule has 0 heterocycles. The first-order valence-electron chi connectivity index (χ1n) is 4.12. The molecule has 0 atom stereocenters. The van der Waals surface area contributed by atoms with Gasteiger partial charge in [-0.3, -0.25) is 0 Å². The van der Waals surface area contributed by atoms with Crippen molar-refractivity contribution in [3.05, 3.63) is 42.0 Å². The third-order valence-corrected chi connectivity index (χ3v) is 2.17. The van der Waals surface area contributed by atoms with Gasteiger partial charge in [0.1, 0.15) is 0 Å². The Morgan fingerprint density at radius 3 is 2.62 bits per heavy atom. The maximum absolute atomic E-state index is 8.72. The van der Waals surface area contributed by atoms with Crippen molar-refractivity contribution in [1.29, 1.82) is 0 Å². The summed E-state index contributed by atoms with van der Waals surface area (Å²) in [6.45, 7) is 1.90. The molecule has 0 aliphatic rings. The number of benzene rings is 2. The lowest BCUT2D eigenvalue weighted by Gasteiger charge is -2.05. The summed E-state index contributed by atoms with van der Waals surface area (Å²) in [5, 5.41) is 10.7. The number of hydrogen-bond donors (Lipinski definition) is 1. The maximum atomic E-state index is 8.72. The molecular formula is C11H10O2. The molecule has 2 heteroatoms. The molecule has 0 aromatic heterocycles. The summed E-state index contributed by atoms with van der Waals surface area (Å²) in [6.07, 6.45) is 0. The van der Waals surface area contributed by atoms with Crippen LogP contribution in [0.1, 0.15) is 5.56 Å². The molecule has 2 aromatic rings. The summed E-state index contributed by atoms with van der Waals surface area (Å²) < 4.78 is 0. The summed E-state index contributed by atoms with van der Waals surface area (Å²) in [7, 11) is 0. The Labute approximate surface area is 76.3 Å². The lowest BCUT2D eigenvalue weighted by Crippen LogP contribution is -1.88. The predicted molar refractivity (Wildman–Crippen MR) is 51.9 cm³/mol. The van der Waals surface area contributed by atoms with Crippen LogP contribution < -0.4 is 4.89 Å². The van der Waals surface area contributed by atoms with E-state index >= 15 is 0 Å². The zero-order chi connectivity index (χ0) is 9.26. The van der Waals surface area contributed by atoms with Gasteiger partial charge < -0.3 is 4.89 Å². The normalized spacial score (nSPS) is 10.3. The molecule has 0 aliphatic heterocycles. The predicted octanol–water partition coefficient (Wildman–Crippen LogP) is 3.00. The van der Waals surface area contributed by atoms with Gasteiger partial charge in [0.25, 0.3) is 0 Å². The average molecular weight is 174 g/mol. The van der Waals surface area contributed by atoms with E-state index in [1.807, 2.05) is 43.3 Å². The average Bonchev–Trinajstić information content (AvgIpc) is 2.18. The molecule has 0 fully saturated rings. The summed E-state index contributed by atoms with van der Waals surface area (Å²) in [5.41, 5.74) is 0.932. The van der Waals surface area contributed by atoms with Gasteiger partial charge in [-0.15, -0.1) is 0 Å². The second-order valence-corrected chi connectivity index (χ2v) is 3.02. The van der Waals surface area contributed by atoms with Crippen LogP contribution in [-0.2, 0) is 0 Å². The van der Waals surface area contributed by atoms with E-state index in [1.54, 1.807) is 0 Å². The van der Waals surface area contributed by atoms with Crippen molar-refractivity contribution in [2.24, 2.45) is 0 Å². The van der Waals surface area contributed by atoms with Crippen LogP contribution in [0.4, 0.5) is 0 Å². The van der Waals surface area contributed by atoms with Crippen LogP contribution >= 0.6 is 0 Å². The van der Waals surface area contributed by atoms with Crippen molar-refractivity contribution in [3.8, 4) is 5.75 Å². The van der Waals surface area contributed by atoms with E-state index in [1.165, 1.54) is 0 Å². The highest BCUT2D eigenvalue weighted by Gasteiger charge is 2.04. The maximum Gasteiger partial charge on any atom is 0.175 e. The molecule has 0 saturated carbocycles. The van der Waals surface area contributed by atoms with Gasteiger partial charge in [-0.05, 0) is 17.9 Å². The van der Waals surface area contributed by atoms with Crippen LogP contribution in [0.25, 0.3) is 10.8 Å². The molecule has 0 spiro atoms. The molecule has 66 valence electrons. The van der Waals surface area contributed by atoms with Gasteiger partial charge in [0.2, 0.25) is 0 Å². The molecule has 2 rings (SSSR count). The first-order chi connectivity index (χ1) is 6.33. The standard InChI is InChI=1S/C11H10O2/c1-8-6-7-9-4-2-3-5-10(9)11(8)13-12/h2-7,12H,1H3. The highest BCUT2D eigenvalue weighted by Crippen LogP contribution is 2.28. The molecule has 0 saturated heterocycles. The van der Waals surface area contributed by atoms with E-state index in [-0.39, 0.29) is 0 Å². The molecule has 1 N–H and O–H groups in total. The summed E-state index contributed by atoms with van der Waals surface area (Å²) in [4.78, 5) is 4.36. The molecule has 0 aliphatic carbocycles. The Kier molecular flexibility index (Phi) is 1.91. The molecule has 0 radical (unpaired) electrons. The topological polar surface area (TPSA) is 29.5 Å². The quantitative estimate of drug-likeness (QED) is 0.532. The van der Waals surface area contributed by atoms with E-state index < -0.39 is 0 Å². The molecule has 0 bridgehead atoms. The van der Waals surface area contributed by atoms with Crippen LogP contribution in [0.5, 0.6) is 5.75 Å². The largest absolute Gasteiger partial charge is 0.339 e. The van der Waals surface area contributed by atoms with Crippen molar-refractivity contribution < 1.29 is 10.1 Å². The summed E-state index contributed by atoms with van der Waals surface area (Å²) in [5.74, 6) is 0.540. The van der Waals surface area contributed by atoms with Crippen molar-refractivity contribution in [1.82, 2.24) is 0 Å². The van der Waals surface area contributed by atoms with Crippen LogP contribution in [0.15, 0.2) is 36.4 Å². The highest BCUT2D eigenvalue weighted by atomic mass is 17.1. The van der Waals surface area contributed by atoms with Gasteiger partial charge in [-0.2, -0.15) is 0 Å². The fourth-order valence-electron chi connectivity index (χ4n) is 1.47. The Hall–Kier alpha value is -1.54. The van der Waals surface area contributed by atoms with Crippen LogP contribution in [-0.4, -0.2) is 5.26 Å². The Morgan fingerprint density at radius 2 is 1.85 bits per heavy atom. The van der Waals surface area contributed by atoms with Gasteiger partial charge in [0.15, 0.2) is 5.75 Å². The van der Waals surface area contributed by atoms with Crippen molar-refractivity contribution in [3.63, 3.8) is 0 Å². The summed E-state index contributed by atoms with van der Waals surface area (Å²) >= 11 is 0. The van der Waals surface area contributed by atoms with Gasteiger partial charge in [-0.25, -0.2) is 5.26 Å². The van der Waals surface area contributed by atoms with Crippen LogP contribution in [0, 0.1) is 6.92 Å². The Morgan fingerprint density at radius 1 is 1.08 bits per heavy atom. The highest BCUT2D eigenvalue weighted by molar-refractivity contribution is 5.89. The monoisotopic (exact) mass is 174 g/mol. The molecule has 0 amide bonds. The third-order valence-electron chi connectivity index (χ3n) is 2.17. The van der Waals surface area contributed by atoms with E-state index in [2.05, 4.69) is 4.89 Å². The Balaban J connectivity index is 2.84. The fourth-order valence-corrected chi connectivity index (χ4v) is 1.47. The minimum absolute atomic E-state index is 0.540. The number of aryl methyl sites for hydroxylation is 1. The van der Waals surface area contributed by atoms with Crippen molar-refractivity contribution in [2.75, 3.05) is 0 Å². The molecular weight excluding hydrogens is 164 g/mol. The van der Waals surface area contributed by atoms with Crippen LogP contribution in [0.2, 0.25) is 0 Å². The number of hydrogen-bond acceptors (Lipinski definition) is 2. The van der Waals surface area contributed by atoms with Gasteiger partial charge in [0, 0.05) is 5.39 Å². The lowest BCUT2D eigenvalue weighted by molar-refractivity contribution is -0.136. The van der Waals surface area contributed by atoms with E-state index in [0.29, 0.717) is 5.75 Å². The van der Waals surface area contributed by atoms with Crippen molar-refractivity contribution >= 4 is 10.8 Å². The first-order valence-corrected chi connectivity index (χ1v) is 4.12. The van der Waals surface area contributed by atoms with Gasteiger partial charge >= 0.3 is 0 Å². The van der Waals surface area contributed by atoms with E-state index in [4.69, 9.17) is 5.26 Å². The van der Waals surface area contributed by atoms with Gasteiger partial charge in [-0.1, -0.05) is 36.4 Å².